The van der Waals surface area contributed by atoms with Gasteiger partial charge in [-0.2, -0.15) is 0 Å². The Morgan fingerprint density at radius 2 is 1.92 bits per heavy atom. The van der Waals surface area contributed by atoms with Crippen LogP contribution in [0.15, 0.2) is 98.3 Å². The van der Waals surface area contributed by atoms with E-state index in [1.807, 2.05) is 42.5 Å². The SMILES string of the molecule is COc1cccc(C2C(C(=O)Nc3ccccc3)=C(C)N=c3sc(=Cc4ccc(O)c(Br)c4)c(=O)n32)c1. The molecule has 5 rings (SSSR count). The highest BCUT2D eigenvalue weighted by molar-refractivity contribution is 9.10. The summed E-state index contributed by atoms with van der Waals surface area (Å²) >= 11 is 4.57. The van der Waals surface area contributed by atoms with Crippen LogP contribution in [0, 0.1) is 0 Å². The maximum atomic E-state index is 13.8. The molecule has 0 radical (unpaired) electrons. The van der Waals surface area contributed by atoms with Gasteiger partial charge in [0.25, 0.3) is 11.5 Å². The van der Waals surface area contributed by atoms with Gasteiger partial charge >= 0.3 is 0 Å². The van der Waals surface area contributed by atoms with Crippen molar-refractivity contribution in [3.05, 3.63) is 119 Å². The third kappa shape index (κ3) is 4.87. The van der Waals surface area contributed by atoms with Crippen LogP contribution in [0.2, 0.25) is 0 Å². The third-order valence-electron chi connectivity index (χ3n) is 5.98. The van der Waals surface area contributed by atoms with Crippen LogP contribution >= 0.6 is 27.3 Å². The molecule has 0 spiro atoms. The number of phenolic OH excluding ortho intramolecular Hbond substituents is 1. The van der Waals surface area contributed by atoms with Gasteiger partial charge < -0.3 is 15.2 Å². The number of nitrogens with one attached hydrogen (secondary N) is 1. The third-order valence-corrected chi connectivity index (χ3v) is 7.60. The van der Waals surface area contributed by atoms with Crippen molar-refractivity contribution in [2.75, 3.05) is 12.4 Å². The molecular formula is C28H22BrN3O4S. The number of hydrogen-bond acceptors (Lipinski definition) is 6. The van der Waals surface area contributed by atoms with E-state index in [-0.39, 0.29) is 17.2 Å². The van der Waals surface area contributed by atoms with Gasteiger partial charge in [-0.1, -0.05) is 47.7 Å². The number of carbonyl (C=O) groups is 1. The lowest BCUT2D eigenvalue weighted by Crippen LogP contribution is -2.40. The number of phenols is 1. The van der Waals surface area contributed by atoms with E-state index >= 15 is 0 Å². The number of para-hydroxylation sites is 1. The van der Waals surface area contributed by atoms with Crippen molar-refractivity contribution < 1.29 is 14.6 Å². The fourth-order valence-corrected chi connectivity index (χ4v) is 5.67. The Balaban J connectivity index is 1.69. The fourth-order valence-electron chi connectivity index (χ4n) is 4.22. The zero-order valence-electron chi connectivity index (χ0n) is 19.9. The van der Waals surface area contributed by atoms with Crippen molar-refractivity contribution in [3.63, 3.8) is 0 Å². The Labute approximate surface area is 224 Å². The summed E-state index contributed by atoms with van der Waals surface area (Å²) in [6.07, 6.45) is 1.75. The van der Waals surface area contributed by atoms with Crippen molar-refractivity contribution in [2.45, 2.75) is 13.0 Å². The van der Waals surface area contributed by atoms with Crippen LogP contribution in [0.5, 0.6) is 11.5 Å². The number of hydrogen-bond donors (Lipinski definition) is 2. The van der Waals surface area contributed by atoms with Crippen LogP contribution in [0.25, 0.3) is 6.08 Å². The maximum Gasteiger partial charge on any atom is 0.271 e. The molecule has 1 atom stereocenters. The molecule has 7 nitrogen and oxygen atoms in total. The number of aromatic nitrogens is 1. The average molecular weight is 576 g/mol. The topological polar surface area (TPSA) is 92.9 Å². The van der Waals surface area contributed by atoms with Crippen LogP contribution in [0.3, 0.4) is 0 Å². The summed E-state index contributed by atoms with van der Waals surface area (Å²) in [4.78, 5) is 32.5. The number of carbonyl (C=O) groups excluding carboxylic acids is 1. The summed E-state index contributed by atoms with van der Waals surface area (Å²) in [5.74, 6) is 0.393. The van der Waals surface area contributed by atoms with Crippen molar-refractivity contribution in [1.29, 1.82) is 0 Å². The second-order valence-corrected chi connectivity index (χ2v) is 10.3. The van der Waals surface area contributed by atoms with Crippen LogP contribution in [0.1, 0.15) is 24.1 Å². The molecule has 1 aromatic heterocycles. The Morgan fingerprint density at radius 1 is 1.14 bits per heavy atom. The molecule has 186 valence electrons. The Hall–Kier alpha value is -3.95. The van der Waals surface area contributed by atoms with Gasteiger partial charge in [0.05, 0.1) is 33.4 Å². The molecule has 1 aliphatic heterocycles. The quantitative estimate of drug-likeness (QED) is 0.370. The van der Waals surface area contributed by atoms with Crippen LogP contribution in [0.4, 0.5) is 5.69 Å². The number of amides is 1. The van der Waals surface area contributed by atoms with E-state index in [0.29, 0.717) is 36.5 Å². The van der Waals surface area contributed by atoms with Crippen LogP contribution < -0.4 is 24.9 Å². The van der Waals surface area contributed by atoms with Gasteiger partial charge in [0.15, 0.2) is 4.80 Å². The number of anilines is 1. The molecule has 0 saturated carbocycles. The van der Waals surface area contributed by atoms with Crippen molar-refractivity contribution in [3.8, 4) is 11.5 Å². The maximum absolute atomic E-state index is 13.8. The minimum Gasteiger partial charge on any atom is -0.507 e. The Kier molecular flexibility index (Phi) is 6.82. The largest absolute Gasteiger partial charge is 0.507 e. The summed E-state index contributed by atoms with van der Waals surface area (Å²) in [5.41, 5.74) is 2.76. The highest BCUT2D eigenvalue weighted by Crippen LogP contribution is 2.32. The summed E-state index contributed by atoms with van der Waals surface area (Å²) < 4.78 is 7.98. The normalized spacial score (nSPS) is 15.2. The lowest BCUT2D eigenvalue weighted by Gasteiger charge is -2.25. The second-order valence-electron chi connectivity index (χ2n) is 8.39. The summed E-state index contributed by atoms with van der Waals surface area (Å²) in [5, 5.41) is 12.8. The highest BCUT2D eigenvalue weighted by Gasteiger charge is 2.32. The monoisotopic (exact) mass is 575 g/mol. The molecule has 0 saturated heterocycles. The molecule has 2 N–H and O–H groups in total. The van der Waals surface area contributed by atoms with Gasteiger partial charge in [0.1, 0.15) is 11.5 Å². The number of halogens is 1. The predicted molar refractivity (Wildman–Crippen MR) is 148 cm³/mol. The Bertz CT molecular complexity index is 1720. The number of benzene rings is 3. The van der Waals surface area contributed by atoms with Gasteiger partial charge in [-0.05, 0) is 76.5 Å². The number of thiazole rings is 1. The number of ether oxygens (including phenoxy) is 1. The van der Waals surface area contributed by atoms with Crippen LogP contribution in [-0.4, -0.2) is 22.7 Å². The van der Waals surface area contributed by atoms with Gasteiger partial charge in [-0.15, -0.1) is 0 Å². The summed E-state index contributed by atoms with van der Waals surface area (Å²) in [6.45, 7) is 1.78. The van der Waals surface area contributed by atoms with E-state index in [9.17, 15) is 14.7 Å². The fraction of sp³-hybridized carbons (Fsp3) is 0.107. The first-order valence-electron chi connectivity index (χ1n) is 11.4. The first-order valence-corrected chi connectivity index (χ1v) is 13.0. The number of methoxy groups -OCH3 is 1. The molecule has 9 heteroatoms. The zero-order chi connectivity index (χ0) is 26.1. The molecule has 0 fully saturated rings. The van der Waals surface area contributed by atoms with E-state index in [4.69, 9.17) is 4.74 Å². The lowest BCUT2D eigenvalue weighted by molar-refractivity contribution is -0.113. The molecule has 37 heavy (non-hydrogen) atoms. The minimum atomic E-state index is -0.705. The molecule has 4 aromatic rings. The smallest absolute Gasteiger partial charge is 0.271 e. The molecular weight excluding hydrogens is 554 g/mol. The minimum absolute atomic E-state index is 0.112. The van der Waals surface area contributed by atoms with Gasteiger partial charge in [-0.25, -0.2) is 4.99 Å². The summed E-state index contributed by atoms with van der Waals surface area (Å²) in [6, 6.07) is 20.8. The van der Waals surface area contributed by atoms with E-state index in [1.54, 1.807) is 55.0 Å². The number of nitrogens with zero attached hydrogens (tertiary/aromatic N) is 2. The van der Waals surface area contributed by atoms with E-state index in [2.05, 4.69) is 26.2 Å². The second kappa shape index (κ2) is 10.2. The molecule has 0 aliphatic carbocycles. The molecule has 3 aromatic carbocycles. The van der Waals surface area contributed by atoms with E-state index < -0.39 is 6.04 Å². The van der Waals surface area contributed by atoms with Gasteiger partial charge in [0.2, 0.25) is 0 Å². The van der Waals surface area contributed by atoms with E-state index in [0.717, 1.165) is 11.1 Å². The first kappa shape index (κ1) is 24.7. The predicted octanol–water partition coefficient (Wildman–Crippen LogP) is 4.35. The molecule has 1 unspecified atom stereocenters. The summed E-state index contributed by atoms with van der Waals surface area (Å²) in [7, 11) is 1.57. The standard InChI is InChI=1S/C28H22BrN3O4S/c1-16-24(26(34)31-19-8-4-3-5-9-19)25(18-7-6-10-20(15-18)36-2)32-27(35)23(37-28(32)30-16)14-17-11-12-22(33)21(29)13-17/h3-15,25,33H,1-2H3,(H,31,34). The molecule has 0 bridgehead atoms. The number of fused-ring (bicyclic) bond motifs is 1. The Morgan fingerprint density at radius 3 is 2.65 bits per heavy atom. The van der Waals surface area contributed by atoms with Crippen molar-refractivity contribution in [1.82, 2.24) is 4.57 Å². The molecule has 2 heterocycles. The van der Waals surface area contributed by atoms with Crippen LogP contribution in [-0.2, 0) is 4.79 Å². The number of rotatable bonds is 5. The highest BCUT2D eigenvalue weighted by atomic mass is 79.9. The number of aromatic hydroxyl groups is 1. The van der Waals surface area contributed by atoms with E-state index in [1.165, 1.54) is 11.3 Å². The zero-order valence-corrected chi connectivity index (χ0v) is 22.3. The van der Waals surface area contributed by atoms with Crippen molar-refractivity contribution >= 4 is 44.9 Å². The van der Waals surface area contributed by atoms with Crippen molar-refractivity contribution in [2.24, 2.45) is 4.99 Å². The lowest BCUT2D eigenvalue weighted by atomic mass is 9.95. The molecule has 1 amide bonds. The van der Waals surface area contributed by atoms with Gasteiger partial charge in [-0.3, -0.25) is 14.2 Å². The first-order chi connectivity index (χ1) is 17.9. The molecule has 1 aliphatic rings. The number of allylic oxidation sites excluding steroid dienone is 1. The van der Waals surface area contributed by atoms with Gasteiger partial charge in [0, 0.05) is 5.69 Å². The average Bonchev–Trinajstić information content (AvgIpc) is 3.20.